The summed E-state index contributed by atoms with van der Waals surface area (Å²) in [5, 5.41) is 9.28. The van der Waals surface area contributed by atoms with Gasteiger partial charge in [-0.15, -0.1) is 0 Å². The predicted molar refractivity (Wildman–Crippen MR) is 107 cm³/mol. The van der Waals surface area contributed by atoms with Crippen LogP contribution in [-0.2, 0) is 30.4 Å². The Morgan fingerprint density at radius 3 is 2.70 bits per heavy atom. The van der Waals surface area contributed by atoms with Crippen molar-refractivity contribution >= 4 is 23.1 Å². The molecular weight excluding hydrogens is 417 g/mol. The minimum Gasteiger partial charge on any atom is -0.481 e. The lowest BCUT2D eigenvalue weighted by molar-refractivity contribution is -0.142. The Morgan fingerprint density at radius 1 is 1.27 bits per heavy atom. The summed E-state index contributed by atoms with van der Waals surface area (Å²) >= 11 is 6.15. The third-order valence-electron chi connectivity index (χ3n) is 6.10. The van der Waals surface area contributed by atoms with Crippen molar-refractivity contribution < 1.29 is 23.1 Å². The highest BCUT2D eigenvalue weighted by atomic mass is 35.5. The van der Waals surface area contributed by atoms with E-state index in [4.69, 9.17) is 11.6 Å². The third kappa shape index (κ3) is 4.00. The molecule has 4 nitrogen and oxygen atoms in total. The average Bonchev–Trinajstić information content (AvgIpc) is 3.07. The molecule has 4 rings (SSSR count). The van der Waals surface area contributed by atoms with Crippen LogP contribution in [0.3, 0.4) is 0 Å². The van der Waals surface area contributed by atoms with E-state index in [9.17, 15) is 23.1 Å². The first-order valence-corrected chi connectivity index (χ1v) is 10.5. The summed E-state index contributed by atoms with van der Waals surface area (Å²) in [6.07, 6.45) is 5.84. The lowest BCUT2D eigenvalue weighted by Gasteiger charge is -2.20. The smallest absolute Gasteiger partial charge is 0.433 e. The molecule has 0 bridgehead atoms. The summed E-state index contributed by atoms with van der Waals surface area (Å²) in [6, 6.07) is 1.39. The molecule has 0 radical (unpaired) electrons. The fourth-order valence-corrected chi connectivity index (χ4v) is 4.77. The van der Waals surface area contributed by atoms with Crippen LogP contribution in [0.25, 0.3) is 5.57 Å². The number of alkyl halides is 3. The van der Waals surface area contributed by atoms with E-state index in [0.717, 1.165) is 48.7 Å². The van der Waals surface area contributed by atoms with E-state index in [-0.39, 0.29) is 23.0 Å². The van der Waals surface area contributed by atoms with Gasteiger partial charge in [-0.1, -0.05) is 17.7 Å². The number of halogens is 4. The molecule has 2 aromatic heterocycles. The number of carbonyl (C=O) groups is 1. The molecule has 160 valence electrons. The zero-order valence-electron chi connectivity index (χ0n) is 16.3. The first-order valence-electron chi connectivity index (χ1n) is 10.1. The highest BCUT2D eigenvalue weighted by Gasteiger charge is 2.36. The lowest BCUT2D eigenvalue weighted by Crippen LogP contribution is -2.16. The van der Waals surface area contributed by atoms with Gasteiger partial charge in [0, 0.05) is 28.7 Å². The third-order valence-corrected chi connectivity index (χ3v) is 6.45. The summed E-state index contributed by atoms with van der Waals surface area (Å²) in [4.78, 5) is 14.8. The number of aliphatic carboxylic acids is 1. The van der Waals surface area contributed by atoms with E-state index in [1.54, 1.807) is 0 Å². The molecular formula is C22H22ClF3N2O2. The van der Waals surface area contributed by atoms with Crippen LogP contribution in [0.1, 0.15) is 60.2 Å². The number of rotatable bonds is 4. The van der Waals surface area contributed by atoms with E-state index in [0.29, 0.717) is 19.3 Å². The van der Waals surface area contributed by atoms with Gasteiger partial charge in [0.2, 0.25) is 0 Å². The van der Waals surface area contributed by atoms with Gasteiger partial charge in [-0.3, -0.25) is 9.78 Å². The largest absolute Gasteiger partial charge is 0.481 e. The number of hydrogen-bond donors (Lipinski definition) is 1. The summed E-state index contributed by atoms with van der Waals surface area (Å²) in [5.41, 5.74) is 3.39. The van der Waals surface area contributed by atoms with Crippen LogP contribution in [0.4, 0.5) is 13.2 Å². The zero-order chi connectivity index (χ0) is 21.5. The SMILES string of the molecule is O=C(O)C1CC=C(c2cn(Cc3c(Cl)ccnc3C(F)(F)F)c3c2CCCC3)CC1. The van der Waals surface area contributed by atoms with Crippen molar-refractivity contribution in [3.63, 3.8) is 0 Å². The van der Waals surface area contributed by atoms with Crippen LogP contribution in [0.15, 0.2) is 24.5 Å². The topological polar surface area (TPSA) is 55.1 Å². The maximum Gasteiger partial charge on any atom is 0.433 e. The Bertz CT molecular complexity index is 1010. The van der Waals surface area contributed by atoms with Gasteiger partial charge in [-0.2, -0.15) is 13.2 Å². The molecule has 0 fully saturated rings. The van der Waals surface area contributed by atoms with E-state index >= 15 is 0 Å². The van der Waals surface area contributed by atoms with Gasteiger partial charge in [0.05, 0.1) is 12.5 Å². The number of aromatic nitrogens is 2. The molecule has 0 aliphatic heterocycles. The van der Waals surface area contributed by atoms with Crippen LogP contribution in [0, 0.1) is 5.92 Å². The molecule has 0 aromatic carbocycles. The molecule has 1 N–H and O–H groups in total. The molecule has 1 unspecified atom stereocenters. The van der Waals surface area contributed by atoms with Crippen molar-refractivity contribution in [3.05, 3.63) is 57.6 Å². The van der Waals surface area contributed by atoms with Gasteiger partial charge in [-0.25, -0.2) is 0 Å². The van der Waals surface area contributed by atoms with Crippen LogP contribution in [0.2, 0.25) is 5.02 Å². The minimum atomic E-state index is -4.58. The number of nitrogens with zero attached hydrogens (tertiary/aromatic N) is 2. The summed E-state index contributed by atoms with van der Waals surface area (Å²) < 4.78 is 42.3. The second-order valence-electron chi connectivity index (χ2n) is 7.96. The molecule has 2 heterocycles. The molecule has 0 amide bonds. The fraction of sp³-hybridized carbons (Fsp3) is 0.455. The molecule has 2 aromatic rings. The normalized spacial score (nSPS) is 19.3. The van der Waals surface area contributed by atoms with Crippen molar-refractivity contribution in [2.24, 2.45) is 5.92 Å². The Balaban J connectivity index is 1.73. The maximum absolute atomic E-state index is 13.5. The van der Waals surface area contributed by atoms with Gasteiger partial charge in [0.1, 0.15) is 0 Å². The van der Waals surface area contributed by atoms with E-state index < -0.39 is 17.8 Å². The summed E-state index contributed by atoms with van der Waals surface area (Å²) in [5.74, 6) is -1.15. The van der Waals surface area contributed by atoms with Crippen molar-refractivity contribution in [2.45, 2.75) is 57.7 Å². The van der Waals surface area contributed by atoms with Crippen LogP contribution in [0.5, 0.6) is 0 Å². The lowest BCUT2D eigenvalue weighted by atomic mass is 9.84. The first kappa shape index (κ1) is 21.0. The van der Waals surface area contributed by atoms with Crippen LogP contribution < -0.4 is 0 Å². The maximum atomic E-state index is 13.5. The van der Waals surface area contributed by atoms with E-state index in [1.807, 2.05) is 16.8 Å². The quantitative estimate of drug-likeness (QED) is 0.661. The molecule has 1 atom stereocenters. The van der Waals surface area contributed by atoms with Crippen LogP contribution in [-0.4, -0.2) is 20.6 Å². The van der Waals surface area contributed by atoms with Gasteiger partial charge >= 0.3 is 12.1 Å². The molecule has 0 spiro atoms. The molecule has 30 heavy (non-hydrogen) atoms. The van der Waals surface area contributed by atoms with Gasteiger partial charge in [-0.05, 0) is 67.7 Å². The van der Waals surface area contributed by atoms with Crippen molar-refractivity contribution in [1.29, 1.82) is 0 Å². The number of hydrogen-bond acceptors (Lipinski definition) is 2. The monoisotopic (exact) mass is 438 g/mol. The number of fused-ring (bicyclic) bond motifs is 1. The van der Waals surface area contributed by atoms with Crippen LogP contribution >= 0.6 is 11.6 Å². The Morgan fingerprint density at radius 2 is 2.03 bits per heavy atom. The molecule has 2 aliphatic carbocycles. The Kier molecular flexibility index (Phi) is 5.66. The first-order chi connectivity index (χ1) is 14.3. The second-order valence-corrected chi connectivity index (χ2v) is 8.37. The van der Waals surface area contributed by atoms with Gasteiger partial charge in [0.25, 0.3) is 0 Å². The highest BCUT2D eigenvalue weighted by Crippen LogP contribution is 2.38. The van der Waals surface area contributed by atoms with E-state index in [2.05, 4.69) is 4.98 Å². The predicted octanol–water partition coefficient (Wildman–Crippen LogP) is 5.75. The molecule has 8 heteroatoms. The molecule has 0 saturated carbocycles. The second kappa shape index (κ2) is 8.10. The number of carboxylic acids is 1. The Hall–Kier alpha value is -2.28. The standard InChI is InChI=1S/C22H22ClF3N2O2/c23-18-9-10-27-20(22(24,25)26)17(18)12-28-11-16(15-3-1-2-4-19(15)28)13-5-7-14(8-6-13)21(29)30/h5,9-11,14H,1-4,6-8,12H2,(H,29,30). The highest BCUT2D eigenvalue weighted by molar-refractivity contribution is 6.31. The van der Waals surface area contributed by atoms with Crippen molar-refractivity contribution in [2.75, 3.05) is 0 Å². The summed E-state index contributed by atoms with van der Waals surface area (Å²) in [7, 11) is 0. The van der Waals surface area contributed by atoms with Crippen molar-refractivity contribution in [1.82, 2.24) is 9.55 Å². The minimum absolute atomic E-state index is 0.00881. The van der Waals surface area contributed by atoms with Crippen molar-refractivity contribution in [3.8, 4) is 0 Å². The zero-order valence-corrected chi connectivity index (χ0v) is 17.1. The van der Waals surface area contributed by atoms with Gasteiger partial charge < -0.3 is 9.67 Å². The number of carboxylic acid groups (broad SMARTS) is 1. The Labute approximate surface area is 177 Å². The van der Waals surface area contributed by atoms with Gasteiger partial charge in [0.15, 0.2) is 5.69 Å². The average molecular weight is 439 g/mol. The molecule has 0 saturated heterocycles. The summed E-state index contributed by atoms with van der Waals surface area (Å²) in [6.45, 7) is 0.00881. The number of pyridine rings is 1. The number of allylic oxidation sites excluding steroid dienone is 2. The molecule has 2 aliphatic rings. The fourth-order valence-electron chi connectivity index (χ4n) is 4.56. The van der Waals surface area contributed by atoms with E-state index in [1.165, 1.54) is 11.6 Å².